The lowest BCUT2D eigenvalue weighted by Crippen LogP contribution is -2.53. The maximum atomic E-state index is 14.1. The fraction of sp³-hybridized carbons (Fsp3) is 0.310. The topological polar surface area (TPSA) is 156 Å². The number of aliphatic hydroxyl groups is 2. The number of benzene rings is 3. The minimum absolute atomic E-state index is 0.00235. The predicted octanol–water partition coefficient (Wildman–Crippen LogP) is 3.06. The highest BCUT2D eigenvalue weighted by Crippen LogP contribution is 2.47. The van der Waals surface area contributed by atoms with Gasteiger partial charge in [0, 0.05) is 18.0 Å². The number of hydrogen-bond donors (Lipinski definition) is 4. The number of carbonyl (C=O) groups excluding carboxylic acids is 2. The first-order valence-corrected chi connectivity index (χ1v) is 15.0. The Morgan fingerprint density at radius 1 is 1.14 bits per heavy atom. The molecule has 0 bridgehead atoms. The Morgan fingerprint density at radius 3 is 2.65 bits per heavy atom. The standard InChI is InChI=1S/C29H31FN3O9P/c1-18(28(36)39-16-19-8-3-2-4-9-19)32-43(38,42-24-13-7-11-20-10-5-6-12-21(20)24)40-17-25-23(34)14-26(41-25)33-15-22(30)27(35)31-29(33)37/h2-13,15,18,23,25-26,29,34,37H,14,16-17H2,1H3,(H,31,35)(H,32,38)/t18-,23?,25+,26+,29?,43?/m0/s1. The second kappa shape index (κ2) is 13.2. The van der Waals surface area contributed by atoms with Gasteiger partial charge in [-0.2, -0.15) is 9.48 Å². The van der Waals surface area contributed by atoms with Crippen LogP contribution in [0.15, 0.2) is 84.8 Å². The molecule has 14 heteroatoms. The fourth-order valence-electron chi connectivity index (χ4n) is 4.62. The highest BCUT2D eigenvalue weighted by molar-refractivity contribution is 7.52. The molecule has 3 aromatic carbocycles. The van der Waals surface area contributed by atoms with Crippen LogP contribution in [0.5, 0.6) is 5.75 Å². The summed E-state index contributed by atoms with van der Waals surface area (Å²) in [5.41, 5.74) is 0.768. The van der Waals surface area contributed by atoms with Crippen LogP contribution in [-0.2, 0) is 34.8 Å². The number of carbonyl (C=O) groups is 2. The van der Waals surface area contributed by atoms with E-state index in [1.807, 2.05) is 41.7 Å². The van der Waals surface area contributed by atoms with E-state index in [1.54, 1.807) is 36.4 Å². The van der Waals surface area contributed by atoms with Crippen LogP contribution in [0.3, 0.4) is 0 Å². The summed E-state index contributed by atoms with van der Waals surface area (Å²) >= 11 is 0. The molecule has 2 aliphatic heterocycles. The first-order chi connectivity index (χ1) is 20.6. The van der Waals surface area contributed by atoms with E-state index in [0.717, 1.165) is 22.0 Å². The van der Waals surface area contributed by atoms with Crippen molar-refractivity contribution in [3.63, 3.8) is 0 Å². The predicted molar refractivity (Wildman–Crippen MR) is 151 cm³/mol. The van der Waals surface area contributed by atoms with Crippen molar-refractivity contribution in [3.05, 3.63) is 90.4 Å². The number of fused-ring (bicyclic) bond motifs is 1. The SMILES string of the molecule is C[C@H](NP(=O)(OC[C@H]1O[C@@H](N2C=C(F)C(=O)NC2O)CC1O)Oc1cccc2ccccc12)C(=O)OCc1ccccc1. The zero-order chi connectivity index (χ0) is 30.6. The van der Waals surface area contributed by atoms with Crippen LogP contribution >= 0.6 is 7.75 Å². The summed E-state index contributed by atoms with van der Waals surface area (Å²) in [5.74, 6) is -2.72. The molecule has 2 aliphatic rings. The Labute approximate surface area is 246 Å². The number of aliphatic hydroxyl groups excluding tert-OH is 2. The Kier molecular flexibility index (Phi) is 9.40. The maximum absolute atomic E-state index is 14.1. The monoisotopic (exact) mass is 615 g/mol. The number of amides is 1. The lowest BCUT2D eigenvalue weighted by atomic mass is 10.1. The van der Waals surface area contributed by atoms with Crippen molar-refractivity contribution in [2.75, 3.05) is 6.61 Å². The maximum Gasteiger partial charge on any atom is 0.459 e. The molecule has 3 unspecified atom stereocenters. The number of esters is 1. The van der Waals surface area contributed by atoms with Crippen molar-refractivity contribution in [3.8, 4) is 5.75 Å². The van der Waals surface area contributed by atoms with Crippen molar-refractivity contribution < 1.29 is 47.3 Å². The van der Waals surface area contributed by atoms with Gasteiger partial charge >= 0.3 is 13.7 Å². The van der Waals surface area contributed by atoms with E-state index in [4.69, 9.17) is 18.5 Å². The van der Waals surface area contributed by atoms with Gasteiger partial charge in [0.1, 0.15) is 30.7 Å². The van der Waals surface area contributed by atoms with E-state index in [2.05, 4.69) is 5.09 Å². The molecule has 0 radical (unpaired) electrons. The van der Waals surface area contributed by atoms with Crippen LogP contribution < -0.4 is 14.9 Å². The lowest BCUT2D eigenvalue weighted by molar-refractivity contribution is -0.146. The Morgan fingerprint density at radius 2 is 1.86 bits per heavy atom. The zero-order valence-corrected chi connectivity index (χ0v) is 23.9. The molecule has 5 rings (SSSR count). The smallest absolute Gasteiger partial charge is 0.459 e. The molecule has 0 spiro atoms. The van der Waals surface area contributed by atoms with Crippen LogP contribution in [0.2, 0.25) is 0 Å². The largest absolute Gasteiger partial charge is 0.460 e. The Bertz CT molecular complexity index is 1540. The van der Waals surface area contributed by atoms with Crippen molar-refractivity contribution in [2.45, 2.75) is 50.8 Å². The first kappa shape index (κ1) is 30.6. The second-order valence-corrected chi connectivity index (χ2v) is 11.7. The molecule has 2 heterocycles. The minimum atomic E-state index is -4.35. The third-order valence-corrected chi connectivity index (χ3v) is 8.49. The average molecular weight is 616 g/mol. The number of nitrogens with one attached hydrogen (secondary N) is 2. The molecule has 12 nitrogen and oxygen atoms in total. The normalized spacial score (nSPS) is 24.1. The fourth-order valence-corrected chi connectivity index (χ4v) is 6.14. The van der Waals surface area contributed by atoms with Gasteiger partial charge < -0.3 is 34.4 Å². The molecule has 4 N–H and O–H groups in total. The van der Waals surface area contributed by atoms with Crippen LogP contribution in [0.1, 0.15) is 18.9 Å². The van der Waals surface area contributed by atoms with Gasteiger partial charge in [0.05, 0.1) is 12.7 Å². The van der Waals surface area contributed by atoms with Crippen LogP contribution in [0, 0.1) is 0 Å². The van der Waals surface area contributed by atoms with Crippen molar-refractivity contribution >= 4 is 30.4 Å². The van der Waals surface area contributed by atoms with Crippen LogP contribution in [0.25, 0.3) is 10.8 Å². The summed E-state index contributed by atoms with van der Waals surface area (Å²) in [6.45, 7) is 0.975. The van der Waals surface area contributed by atoms with Gasteiger partial charge in [-0.15, -0.1) is 0 Å². The molecular formula is C29H31FN3O9P. The molecule has 43 heavy (non-hydrogen) atoms. The van der Waals surface area contributed by atoms with Crippen LogP contribution in [0.4, 0.5) is 4.39 Å². The quantitative estimate of drug-likeness (QED) is 0.186. The third-order valence-electron chi connectivity index (χ3n) is 6.86. The number of halogens is 1. The van der Waals surface area contributed by atoms with E-state index in [9.17, 15) is 28.8 Å². The molecule has 1 saturated heterocycles. The molecule has 228 valence electrons. The van der Waals surface area contributed by atoms with Gasteiger partial charge in [-0.3, -0.25) is 14.1 Å². The summed E-state index contributed by atoms with van der Waals surface area (Å²) in [6.07, 6.45) is -4.20. The molecular weight excluding hydrogens is 584 g/mol. The van der Waals surface area contributed by atoms with E-state index in [-0.39, 0.29) is 18.8 Å². The highest BCUT2D eigenvalue weighted by Gasteiger charge is 2.43. The van der Waals surface area contributed by atoms with Gasteiger partial charge in [-0.1, -0.05) is 66.7 Å². The van der Waals surface area contributed by atoms with Gasteiger partial charge in [0.25, 0.3) is 5.91 Å². The van der Waals surface area contributed by atoms with Crippen molar-refractivity contribution in [2.24, 2.45) is 0 Å². The summed E-state index contributed by atoms with van der Waals surface area (Å²) in [6, 6.07) is 20.3. The van der Waals surface area contributed by atoms with E-state index < -0.39 is 62.9 Å². The lowest BCUT2D eigenvalue weighted by Gasteiger charge is -2.34. The Hall–Kier alpha value is -3.84. The van der Waals surface area contributed by atoms with E-state index in [0.29, 0.717) is 5.39 Å². The van der Waals surface area contributed by atoms with Gasteiger partial charge in [-0.05, 0) is 23.9 Å². The Balaban J connectivity index is 1.30. The van der Waals surface area contributed by atoms with Gasteiger partial charge in [0.15, 0.2) is 0 Å². The third kappa shape index (κ3) is 7.39. The first-order valence-electron chi connectivity index (χ1n) is 13.5. The average Bonchev–Trinajstić information content (AvgIpc) is 3.37. The summed E-state index contributed by atoms with van der Waals surface area (Å²) in [4.78, 5) is 25.2. The number of ether oxygens (including phenoxy) is 2. The van der Waals surface area contributed by atoms with Gasteiger partial charge in [-0.25, -0.2) is 4.57 Å². The van der Waals surface area contributed by atoms with E-state index >= 15 is 0 Å². The van der Waals surface area contributed by atoms with E-state index in [1.165, 1.54) is 6.92 Å². The molecule has 1 fully saturated rings. The molecule has 0 aromatic heterocycles. The number of rotatable bonds is 11. The minimum Gasteiger partial charge on any atom is -0.460 e. The highest BCUT2D eigenvalue weighted by atomic mass is 31.2. The second-order valence-electron chi connectivity index (χ2n) is 10.0. The summed E-state index contributed by atoms with van der Waals surface area (Å²) in [7, 11) is -4.35. The molecule has 6 atom stereocenters. The van der Waals surface area contributed by atoms with Gasteiger partial charge in [0.2, 0.25) is 12.2 Å². The van der Waals surface area contributed by atoms with Crippen LogP contribution in [-0.4, -0.2) is 64.4 Å². The number of hydrogen-bond acceptors (Lipinski definition) is 10. The summed E-state index contributed by atoms with van der Waals surface area (Å²) < 4.78 is 50.7. The van der Waals surface area contributed by atoms with Crippen molar-refractivity contribution in [1.29, 1.82) is 0 Å². The molecule has 0 aliphatic carbocycles. The van der Waals surface area contributed by atoms with Crippen molar-refractivity contribution in [1.82, 2.24) is 15.3 Å². The molecule has 1 amide bonds. The zero-order valence-electron chi connectivity index (χ0n) is 23.0. The molecule has 0 saturated carbocycles. The summed E-state index contributed by atoms with van der Waals surface area (Å²) in [5, 5.41) is 26.9. The molecule has 3 aromatic rings. The number of nitrogens with zero attached hydrogens (tertiary/aromatic N) is 1.